The van der Waals surface area contributed by atoms with Crippen molar-refractivity contribution >= 4 is 72.7 Å². The van der Waals surface area contributed by atoms with E-state index in [1.54, 1.807) is 0 Å². The minimum Gasteiger partial charge on any atom is -0.455 e. The summed E-state index contributed by atoms with van der Waals surface area (Å²) >= 11 is 0. The number of benzene rings is 9. The summed E-state index contributed by atoms with van der Waals surface area (Å²) < 4.78 is 13.2. The standard InChI is InChI=1S/C54H34O2Si/c1-3-15-37(16-4-1)57(38-17-5-2-6-18-38)51-31-29-35(39-23-13-25-45-43-21-9-11-27-49(43)55-53(39)45)33-47(51)41-19-7-8-20-42(41)48-34-36(30-32-52(48)57)40-24-14-26-46-44-22-10-12-28-50(44)56-54(40)46/h1-34H. The van der Waals surface area contributed by atoms with E-state index >= 15 is 0 Å². The first-order valence-corrected chi connectivity index (χ1v) is 21.6. The summed E-state index contributed by atoms with van der Waals surface area (Å²) in [7, 11) is -2.98. The van der Waals surface area contributed by atoms with Gasteiger partial charge in [-0.25, -0.2) is 0 Å². The Morgan fingerprint density at radius 1 is 0.281 bits per heavy atom. The summed E-state index contributed by atoms with van der Waals surface area (Å²) in [5.74, 6) is 0. The Labute approximate surface area is 330 Å². The molecule has 0 saturated carbocycles. The first-order valence-electron chi connectivity index (χ1n) is 19.6. The van der Waals surface area contributed by atoms with Crippen LogP contribution in [0.15, 0.2) is 215 Å². The topological polar surface area (TPSA) is 26.3 Å². The minimum absolute atomic E-state index is 0.907. The Morgan fingerprint density at radius 3 is 1.14 bits per heavy atom. The molecular formula is C54H34O2Si. The quantitative estimate of drug-likeness (QED) is 0.168. The normalized spacial score (nSPS) is 13.1. The van der Waals surface area contributed by atoms with Gasteiger partial charge in [-0.2, -0.15) is 0 Å². The Balaban J connectivity index is 1.19. The van der Waals surface area contributed by atoms with Crippen molar-refractivity contribution in [2.24, 2.45) is 0 Å². The second-order valence-electron chi connectivity index (χ2n) is 15.1. The van der Waals surface area contributed by atoms with Gasteiger partial charge in [0.1, 0.15) is 22.3 Å². The predicted octanol–water partition coefficient (Wildman–Crippen LogP) is 11.8. The lowest BCUT2D eigenvalue weighted by molar-refractivity contribution is 0.669. The second-order valence-corrected chi connectivity index (χ2v) is 18.8. The molecular weight excluding hydrogens is 709 g/mol. The minimum atomic E-state index is -2.98. The zero-order valence-corrected chi connectivity index (χ0v) is 31.9. The molecule has 3 heteroatoms. The molecule has 1 aliphatic heterocycles. The average molecular weight is 743 g/mol. The average Bonchev–Trinajstić information content (AvgIpc) is 3.84. The molecule has 0 radical (unpaired) electrons. The molecule has 266 valence electrons. The summed E-state index contributed by atoms with van der Waals surface area (Å²) in [6.45, 7) is 0. The third-order valence-corrected chi connectivity index (χ3v) is 17.1. The first-order chi connectivity index (χ1) is 28.3. The lowest BCUT2D eigenvalue weighted by Gasteiger charge is -2.36. The van der Waals surface area contributed by atoms with Gasteiger partial charge in [0.05, 0.1) is 0 Å². The van der Waals surface area contributed by atoms with Crippen LogP contribution in [-0.4, -0.2) is 8.07 Å². The SMILES string of the molecule is c1ccc([Si]2(c3ccccc3)c3ccc(-c4cccc5c4oc4ccccc45)cc3-c3ccccc3-c3cc(-c4cccc5c4oc4ccccc45)ccc32)cc1. The van der Waals surface area contributed by atoms with Crippen LogP contribution in [0, 0.1) is 0 Å². The summed E-state index contributed by atoms with van der Waals surface area (Å²) in [4.78, 5) is 0. The largest absolute Gasteiger partial charge is 0.455 e. The van der Waals surface area contributed by atoms with E-state index in [0.717, 1.165) is 66.1 Å². The zero-order chi connectivity index (χ0) is 37.5. The van der Waals surface area contributed by atoms with E-state index in [0.29, 0.717) is 0 Å². The molecule has 0 atom stereocenters. The lowest BCUT2D eigenvalue weighted by atomic mass is 9.91. The van der Waals surface area contributed by atoms with E-state index in [2.05, 4.69) is 194 Å². The molecule has 0 saturated heterocycles. The Hall–Kier alpha value is -7.20. The maximum Gasteiger partial charge on any atom is 0.180 e. The highest BCUT2D eigenvalue weighted by atomic mass is 28.3. The molecule has 0 spiro atoms. The van der Waals surface area contributed by atoms with Crippen LogP contribution in [0.4, 0.5) is 0 Å². The number of hydrogen-bond donors (Lipinski definition) is 0. The fourth-order valence-corrected chi connectivity index (χ4v) is 14.9. The fourth-order valence-electron chi connectivity index (χ4n) is 9.74. The highest BCUT2D eigenvalue weighted by Gasteiger charge is 2.46. The predicted molar refractivity (Wildman–Crippen MR) is 240 cm³/mol. The fraction of sp³-hybridized carbons (Fsp3) is 0. The monoisotopic (exact) mass is 742 g/mol. The van der Waals surface area contributed by atoms with Crippen molar-refractivity contribution in [1.82, 2.24) is 0 Å². The summed E-state index contributed by atoms with van der Waals surface area (Å²) in [6.07, 6.45) is 0. The van der Waals surface area contributed by atoms with E-state index in [9.17, 15) is 0 Å². The van der Waals surface area contributed by atoms with Crippen LogP contribution in [0.3, 0.4) is 0 Å². The lowest BCUT2D eigenvalue weighted by Crippen LogP contribution is -2.75. The number of furan rings is 2. The van der Waals surface area contributed by atoms with Gasteiger partial charge in [0.2, 0.25) is 0 Å². The summed E-state index contributed by atoms with van der Waals surface area (Å²) in [6, 6.07) is 75.7. The van der Waals surface area contributed by atoms with Crippen molar-refractivity contribution in [3.8, 4) is 44.5 Å². The number of para-hydroxylation sites is 4. The molecule has 1 aliphatic rings. The third kappa shape index (κ3) is 4.64. The smallest absolute Gasteiger partial charge is 0.180 e. The van der Waals surface area contributed by atoms with Crippen LogP contribution in [0.2, 0.25) is 0 Å². The highest BCUT2D eigenvalue weighted by Crippen LogP contribution is 2.42. The van der Waals surface area contributed by atoms with E-state index < -0.39 is 8.07 Å². The van der Waals surface area contributed by atoms with Gasteiger partial charge in [0, 0.05) is 32.7 Å². The molecule has 12 rings (SSSR count). The molecule has 3 heterocycles. The molecule has 0 unspecified atom stereocenters. The summed E-state index contributed by atoms with van der Waals surface area (Å²) in [5.41, 5.74) is 13.1. The van der Waals surface area contributed by atoms with Crippen molar-refractivity contribution in [3.05, 3.63) is 206 Å². The molecule has 0 N–H and O–H groups in total. The number of rotatable bonds is 4. The maximum atomic E-state index is 6.61. The molecule has 9 aromatic carbocycles. The van der Waals surface area contributed by atoms with Crippen LogP contribution < -0.4 is 20.7 Å². The molecule has 11 aromatic rings. The van der Waals surface area contributed by atoms with Crippen molar-refractivity contribution in [2.75, 3.05) is 0 Å². The molecule has 0 bridgehead atoms. The van der Waals surface area contributed by atoms with Gasteiger partial charge in [-0.3, -0.25) is 0 Å². The number of hydrogen-bond acceptors (Lipinski definition) is 2. The third-order valence-electron chi connectivity index (χ3n) is 12.2. The first kappa shape index (κ1) is 32.1. The van der Waals surface area contributed by atoms with Gasteiger partial charge < -0.3 is 8.83 Å². The van der Waals surface area contributed by atoms with Crippen LogP contribution in [-0.2, 0) is 0 Å². The Morgan fingerprint density at radius 2 is 0.667 bits per heavy atom. The Bertz CT molecular complexity index is 3130. The highest BCUT2D eigenvalue weighted by molar-refractivity contribution is 7.21. The molecule has 57 heavy (non-hydrogen) atoms. The maximum absolute atomic E-state index is 6.61. The van der Waals surface area contributed by atoms with Crippen molar-refractivity contribution in [1.29, 1.82) is 0 Å². The van der Waals surface area contributed by atoms with Gasteiger partial charge in [-0.05, 0) is 78.4 Å². The molecule has 2 aromatic heterocycles. The Kier molecular flexibility index (Phi) is 6.98. The van der Waals surface area contributed by atoms with Crippen molar-refractivity contribution < 1.29 is 8.83 Å². The molecule has 0 fully saturated rings. The van der Waals surface area contributed by atoms with Gasteiger partial charge in [0.25, 0.3) is 0 Å². The number of fused-ring (bicyclic) bond motifs is 11. The van der Waals surface area contributed by atoms with Gasteiger partial charge in [0.15, 0.2) is 8.07 Å². The molecule has 0 aliphatic carbocycles. The summed E-state index contributed by atoms with van der Waals surface area (Å²) in [5, 5.41) is 10.00. The van der Waals surface area contributed by atoms with Crippen LogP contribution in [0.5, 0.6) is 0 Å². The second kappa shape index (κ2) is 12.4. The van der Waals surface area contributed by atoms with Gasteiger partial charge in [-0.15, -0.1) is 0 Å². The van der Waals surface area contributed by atoms with Gasteiger partial charge in [-0.1, -0.05) is 182 Å². The van der Waals surface area contributed by atoms with Crippen molar-refractivity contribution in [2.45, 2.75) is 0 Å². The zero-order valence-electron chi connectivity index (χ0n) is 30.9. The van der Waals surface area contributed by atoms with Crippen LogP contribution in [0.1, 0.15) is 0 Å². The van der Waals surface area contributed by atoms with Crippen molar-refractivity contribution in [3.63, 3.8) is 0 Å². The van der Waals surface area contributed by atoms with Crippen LogP contribution in [0.25, 0.3) is 88.4 Å². The molecule has 2 nitrogen and oxygen atoms in total. The van der Waals surface area contributed by atoms with Crippen LogP contribution >= 0.6 is 0 Å². The van der Waals surface area contributed by atoms with E-state index in [1.165, 1.54) is 43.0 Å². The van der Waals surface area contributed by atoms with Gasteiger partial charge >= 0.3 is 0 Å². The van der Waals surface area contributed by atoms with E-state index in [4.69, 9.17) is 8.83 Å². The molecule has 0 amide bonds. The van der Waals surface area contributed by atoms with E-state index in [1.807, 2.05) is 12.1 Å². The van der Waals surface area contributed by atoms with E-state index in [-0.39, 0.29) is 0 Å².